The van der Waals surface area contributed by atoms with Crippen LogP contribution in [0.3, 0.4) is 0 Å². The maximum atomic E-state index is 12.9. The van der Waals surface area contributed by atoms with Gasteiger partial charge in [-0.2, -0.15) is 0 Å². The Labute approximate surface area is 222 Å². The van der Waals surface area contributed by atoms with Crippen LogP contribution in [0.4, 0.5) is 17.1 Å². The minimum atomic E-state index is -0.449. The summed E-state index contributed by atoms with van der Waals surface area (Å²) in [6.45, 7) is 12.7. The molecule has 0 atom stereocenters. The minimum Gasteiger partial charge on any atom is -0.492 e. The number of benzene rings is 2. The fraction of sp³-hybridized carbons (Fsp3) is 0.407. The van der Waals surface area contributed by atoms with Crippen LogP contribution in [0.25, 0.3) is 10.9 Å². The molecule has 3 aromatic rings. The van der Waals surface area contributed by atoms with Crippen LogP contribution in [0.1, 0.15) is 38.1 Å². The van der Waals surface area contributed by atoms with Crippen molar-refractivity contribution in [3.63, 3.8) is 0 Å². The number of nitrogens with zero attached hydrogens (tertiary/aromatic N) is 3. The Morgan fingerprint density at radius 3 is 2.44 bits per heavy atom. The van der Waals surface area contributed by atoms with Gasteiger partial charge in [0.05, 0.1) is 40.2 Å². The molecule has 1 aliphatic heterocycles. The van der Waals surface area contributed by atoms with E-state index in [0.717, 1.165) is 43.0 Å². The molecule has 2 heterocycles. The lowest BCUT2D eigenvalue weighted by molar-refractivity contribution is 0.0527. The van der Waals surface area contributed by atoms with Crippen LogP contribution < -0.4 is 15.0 Å². The standard InChI is InChI=1S/C27H32Cl2N4O3/c1-5-35-25-15-23-19(14-24(25)33-11-9-32(10-12-33)17(3)4)26(20(16-30-23)27(34)36-6-2)31-18-7-8-21(28)22(29)13-18/h7-8,13-17H,5-6,9-12H2,1-4H3,(H,30,31). The Balaban J connectivity index is 1.84. The van der Waals surface area contributed by atoms with E-state index in [-0.39, 0.29) is 6.61 Å². The molecule has 36 heavy (non-hydrogen) atoms. The molecule has 1 fully saturated rings. The molecule has 192 valence electrons. The Hall–Kier alpha value is -2.74. The summed E-state index contributed by atoms with van der Waals surface area (Å²) in [5, 5.41) is 5.04. The number of ether oxygens (including phenoxy) is 2. The number of hydrogen-bond donors (Lipinski definition) is 1. The lowest BCUT2D eigenvalue weighted by Gasteiger charge is -2.38. The van der Waals surface area contributed by atoms with Crippen molar-refractivity contribution in [3.8, 4) is 5.75 Å². The molecule has 7 nitrogen and oxygen atoms in total. The Bertz CT molecular complexity index is 1240. The van der Waals surface area contributed by atoms with Crippen LogP contribution in [0.5, 0.6) is 5.75 Å². The number of hydrogen-bond acceptors (Lipinski definition) is 7. The summed E-state index contributed by atoms with van der Waals surface area (Å²) >= 11 is 12.4. The second-order valence-corrected chi connectivity index (χ2v) is 9.72. The third kappa shape index (κ3) is 5.64. The van der Waals surface area contributed by atoms with Crippen LogP contribution in [0.15, 0.2) is 36.5 Å². The van der Waals surface area contributed by atoms with Gasteiger partial charge >= 0.3 is 5.97 Å². The number of carbonyl (C=O) groups is 1. The first-order valence-electron chi connectivity index (χ1n) is 12.3. The largest absolute Gasteiger partial charge is 0.492 e. The van der Waals surface area contributed by atoms with Gasteiger partial charge in [0.15, 0.2) is 0 Å². The number of rotatable bonds is 8. The summed E-state index contributed by atoms with van der Waals surface area (Å²) in [6, 6.07) is 9.76. The minimum absolute atomic E-state index is 0.262. The summed E-state index contributed by atoms with van der Waals surface area (Å²) in [7, 11) is 0. The van der Waals surface area contributed by atoms with E-state index in [1.54, 1.807) is 19.1 Å². The average molecular weight is 531 g/mol. The molecule has 0 saturated carbocycles. The number of pyridine rings is 1. The van der Waals surface area contributed by atoms with E-state index < -0.39 is 5.97 Å². The van der Waals surface area contributed by atoms with E-state index in [9.17, 15) is 4.79 Å². The molecular weight excluding hydrogens is 499 g/mol. The summed E-state index contributed by atoms with van der Waals surface area (Å²) in [6.07, 6.45) is 1.54. The molecule has 1 saturated heterocycles. The van der Waals surface area contributed by atoms with Crippen molar-refractivity contribution in [2.75, 3.05) is 49.6 Å². The summed E-state index contributed by atoms with van der Waals surface area (Å²) in [5.41, 5.74) is 3.33. The predicted octanol–water partition coefficient (Wildman–Crippen LogP) is 6.39. The first-order valence-corrected chi connectivity index (χ1v) is 13.1. The van der Waals surface area contributed by atoms with Crippen LogP contribution in [-0.2, 0) is 4.74 Å². The summed E-state index contributed by atoms with van der Waals surface area (Å²) < 4.78 is 11.4. The number of anilines is 3. The SMILES string of the molecule is CCOC(=O)c1cnc2cc(OCC)c(N3CCN(C(C)C)CC3)cc2c1Nc1ccc(Cl)c(Cl)c1. The molecule has 0 aliphatic carbocycles. The molecule has 2 aromatic carbocycles. The van der Waals surface area contributed by atoms with Gasteiger partial charge in [-0.3, -0.25) is 9.88 Å². The lowest BCUT2D eigenvalue weighted by atomic mass is 10.1. The van der Waals surface area contributed by atoms with Gasteiger partial charge in [-0.15, -0.1) is 0 Å². The van der Waals surface area contributed by atoms with E-state index in [2.05, 4.69) is 40.0 Å². The third-order valence-electron chi connectivity index (χ3n) is 6.32. The van der Waals surface area contributed by atoms with E-state index in [1.165, 1.54) is 6.20 Å². The number of aromatic nitrogens is 1. The molecule has 9 heteroatoms. The molecule has 1 N–H and O–H groups in total. The van der Waals surface area contributed by atoms with E-state index in [0.29, 0.717) is 45.1 Å². The highest BCUT2D eigenvalue weighted by Crippen LogP contribution is 2.39. The van der Waals surface area contributed by atoms with Crippen molar-refractivity contribution >= 4 is 57.1 Å². The topological polar surface area (TPSA) is 66.9 Å². The molecule has 0 unspecified atom stereocenters. The van der Waals surface area contributed by atoms with Crippen molar-refractivity contribution in [1.82, 2.24) is 9.88 Å². The summed E-state index contributed by atoms with van der Waals surface area (Å²) in [4.78, 5) is 22.3. The van der Waals surface area contributed by atoms with E-state index >= 15 is 0 Å². The highest BCUT2D eigenvalue weighted by molar-refractivity contribution is 6.42. The van der Waals surface area contributed by atoms with Crippen molar-refractivity contribution in [2.24, 2.45) is 0 Å². The van der Waals surface area contributed by atoms with E-state index in [1.807, 2.05) is 19.1 Å². The third-order valence-corrected chi connectivity index (χ3v) is 7.06. The van der Waals surface area contributed by atoms with Gasteiger partial charge in [-0.25, -0.2) is 4.79 Å². The number of fused-ring (bicyclic) bond motifs is 1. The average Bonchev–Trinajstić information content (AvgIpc) is 2.86. The first-order chi connectivity index (χ1) is 17.3. The normalized spacial score (nSPS) is 14.4. The molecule has 0 radical (unpaired) electrons. The Kier molecular flexibility index (Phi) is 8.44. The van der Waals surface area contributed by atoms with Gasteiger partial charge in [0, 0.05) is 55.6 Å². The van der Waals surface area contributed by atoms with Crippen LogP contribution in [0, 0.1) is 0 Å². The zero-order chi connectivity index (χ0) is 25.8. The predicted molar refractivity (Wildman–Crippen MR) is 148 cm³/mol. The highest BCUT2D eigenvalue weighted by atomic mass is 35.5. The number of piperazine rings is 1. The molecule has 0 bridgehead atoms. The Morgan fingerprint density at radius 1 is 1.06 bits per heavy atom. The zero-order valence-electron chi connectivity index (χ0n) is 21.1. The second-order valence-electron chi connectivity index (χ2n) is 8.91. The van der Waals surface area contributed by atoms with Gasteiger partial charge in [0.1, 0.15) is 11.3 Å². The van der Waals surface area contributed by atoms with Gasteiger partial charge in [0.2, 0.25) is 0 Å². The molecule has 1 aromatic heterocycles. The van der Waals surface area contributed by atoms with Gasteiger partial charge in [-0.05, 0) is 52.0 Å². The monoisotopic (exact) mass is 530 g/mol. The number of halogens is 2. The van der Waals surface area contributed by atoms with Crippen LogP contribution in [-0.4, -0.2) is 61.3 Å². The lowest BCUT2D eigenvalue weighted by Crippen LogP contribution is -2.49. The van der Waals surface area contributed by atoms with Crippen LogP contribution in [0.2, 0.25) is 10.0 Å². The molecule has 0 amide bonds. The highest BCUT2D eigenvalue weighted by Gasteiger charge is 2.24. The maximum absolute atomic E-state index is 12.9. The first kappa shape index (κ1) is 26.3. The number of nitrogens with one attached hydrogen (secondary N) is 1. The van der Waals surface area contributed by atoms with Crippen molar-refractivity contribution in [1.29, 1.82) is 0 Å². The van der Waals surface area contributed by atoms with Gasteiger partial charge in [-0.1, -0.05) is 23.2 Å². The second kappa shape index (κ2) is 11.5. The molecule has 0 spiro atoms. The molecule has 4 rings (SSSR count). The van der Waals surface area contributed by atoms with Crippen molar-refractivity contribution in [3.05, 3.63) is 52.1 Å². The molecule has 1 aliphatic rings. The summed E-state index contributed by atoms with van der Waals surface area (Å²) in [5.74, 6) is 0.329. The van der Waals surface area contributed by atoms with Gasteiger partial charge < -0.3 is 19.7 Å². The number of carbonyl (C=O) groups excluding carboxylic acids is 1. The van der Waals surface area contributed by atoms with Gasteiger partial charge in [0.25, 0.3) is 0 Å². The van der Waals surface area contributed by atoms with Crippen molar-refractivity contribution < 1.29 is 14.3 Å². The number of esters is 1. The quantitative estimate of drug-likeness (QED) is 0.338. The van der Waals surface area contributed by atoms with E-state index in [4.69, 9.17) is 32.7 Å². The Morgan fingerprint density at radius 2 is 1.81 bits per heavy atom. The zero-order valence-corrected chi connectivity index (χ0v) is 22.6. The smallest absolute Gasteiger partial charge is 0.341 e. The van der Waals surface area contributed by atoms with Crippen molar-refractivity contribution in [2.45, 2.75) is 33.7 Å². The fourth-order valence-corrected chi connectivity index (χ4v) is 4.72. The fourth-order valence-electron chi connectivity index (χ4n) is 4.42. The van der Waals surface area contributed by atoms with Crippen LogP contribution >= 0.6 is 23.2 Å². The maximum Gasteiger partial charge on any atom is 0.341 e. The molecular formula is C27H32Cl2N4O3.